The number of alkyl halides is 6. The number of ether oxygens (including phenoxy) is 1. The molecular weight excluding hydrogens is 490 g/mol. The lowest BCUT2D eigenvalue weighted by atomic mass is 9.77. The molecule has 7 heteroatoms. The minimum absolute atomic E-state index is 0.0460. The van der Waals surface area contributed by atoms with Gasteiger partial charge >= 0.3 is 12.4 Å². The van der Waals surface area contributed by atoms with E-state index in [0.717, 1.165) is 36.3 Å². The normalized spacial score (nSPS) is 18.6. The number of benzene rings is 3. The van der Waals surface area contributed by atoms with Crippen LogP contribution >= 0.6 is 0 Å². The predicted octanol–water partition coefficient (Wildman–Crippen LogP) is 10.1. The molecule has 0 spiro atoms. The van der Waals surface area contributed by atoms with Crippen molar-refractivity contribution in [3.8, 4) is 28.0 Å². The fourth-order valence-electron chi connectivity index (χ4n) is 5.55. The molecule has 0 aliphatic heterocycles. The average molecular weight is 521 g/mol. The highest BCUT2D eigenvalue weighted by molar-refractivity contribution is 5.75. The summed E-state index contributed by atoms with van der Waals surface area (Å²) in [6.07, 6.45) is -3.07. The number of halogens is 6. The van der Waals surface area contributed by atoms with Gasteiger partial charge in [0.2, 0.25) is 0 Å². The van der Waals surface area contributed by atoms with Gasteiger partial charge in [0.05, 0.1) is 12.7 Å². The number of hydrogen-bond donors (Lipinski definition) is 0. The third-order valence-corrected chi connectivity index (χ3v) is 7.41. The molecule has 0 bridgehead atoms. The molecule has 1 aliphatic rings. The van der Waals surface area contributed by atoms with Crippen LogP contribution in [0.1, 0.15) is 68.1 Å². The van der Waals surface area contributed by atoms with E-state index in [2.05, 4.69) is 23.8 Å². The Balaban J connectivity index is 1.60. The maximum atomic E-state index is 13.9. The van der Waals surface area contributed by atoms with Gasteiger partial charge in [0.25, 0.3) is 0 Å². The second-order valence-electron chi connectivity index (χ2n) is 9.77. The summed E-state index contributed by atoms with van der Waals surface area (Å²) < 4.78 is 87.2. The third-order valence-electron chi connectivity index (χ3n) is 7.41. The average Bonchev–Trinajstić information content (AvgIpc) is 2.88. The summed E-state index contributed by atoms with van der Waals surface area (Å²) in [5.74, 6) is 0.511. The van der Waals surface area contributed by atoms with Crippen LogP contribution in [0.5, 0.6) is 5.75 Å². The van der Waals surface area contributed by atoms with Crippen molar-refractivity contribution >= 4 is 0 Å². The summed E-state index contributed by atoms with van der Waals surface area (Å²) in [6, 6.07) is 16.3. The molecule has 0 heterocycles. The summed E-state index contributed by atoms with van der Waals surface area (Å²) in [5.41, 5.74) is -1.08. The quantitative estimate of drug-likeness (QED) is 0.294. The van der Waals surface area contributed by atoms with Gasteiger partial charge in [0, 0.05) is 0 Å². The number of hydrogen-bond acceptors (Lipinski definition) is 1. The fourth-order valence-corrected chi connectivity index (χ4v) is 5.55. The monoisotopic (exact) mass is 520 g/mol. The maximum absolute atomic E-state index is 13.9. The first kappa shape index (κ1) is 27.1. The zero-order valence-electron chi connectivity index (χ0n) is 20.8. The Kier molecular flexibility index (Phi) is 7.91. The lowest BCUT2D eigenvalue weighted by Crippen LogP contribution is -2.19. The van der Waals surface area contributed by atoms with Crippen LogP contribution in [0, 0.1) is 5.92 Å². The molecule has 37 heavy (non-hydrogen) atoms. The standard InChI is InChI=1S/C30H30F6O/c1-3-4-19-5-7-20(8-6-19)21-9-11-22(12-10-21)23-13-15-24(16-14-23)25-17-18-26(37-2)28(30(34,35)36)27(25)29(31,32)33/h9-20H,3-8H2,1-2H3. The summed E-state index contributed by atoms with van der Waals surface area (Å²) >= 11 is 0. The van der Waals surface area contributed by atoms with E-state index in [1.807, 2.05) is 12.1 Å². The highest BCUT2D eigenvalue weighted by atomic mass is 19.4. The van der Waals surface area contributed by atoms with Gasteiger partial charge in [-0.1, -0.05) is 74.4 Å². The fraction of sp³-hybridized carbons (Fsp3) is 0.400. The summed E-state index contributed by atoms with van der Waals surface area (Å²) in [7, 11) is 0.919. The van der Waals surface area contributed by atoms with Gasteiger partial charge in [-0.2, -0.15) is 26.3 Å². The van der Waals surface area contributed by atoms with Gasteiger partial charge in [0.1, 0.15) is 11.3 Å². The van der Waals surface area contributed by atoms with Crippen LogP contribution in [0.15, 0.2) is 60.7 Å². The summed E-state index contributed by atoms with van der Waals surface area (Å²) in [6.45, 7) is 2.23. The molecule has 0 unspecified atom stereocenters. The molecule has 0 N–H and O–H groups in total. The van der Waals surface area contributed by atoms with Gasteiger partial charge in [-0.15, -0.1) is 0 Å². The molecule has 198 valence electrons. The van der Waals surface area contributed by atoms with Crippen LogP contribution < -0.4 is 4.74 Å². The number of methoxy groups -OCH3 is 1. The smallest absolute Gasteiger partial charge is 0.420 e. The van der Waals surface area contributed by atoms with Crippen molar-refractivity contribution in [3.63, 3.8) is 0 Å². The first-order valence-electron chi connectivity index (χ1n) is 12.6. The SMILES string of the molecule is CCCC1CCC(c2ccc(-c3ccc(-c4ccc(OC)c(C(F)(F)F)c4C(F)(F)F)cc3)cc2)CC1. The molecular formula is C30H30F6O. The molecule has 0 saturated heterocycles. The molecule has 0 amide bonds. The van der Waals surface area contributed by atoms with E-state index in [4.69, 9.17) is 0 Å². The molecule has 0 aromatic heterocycles. The summed E-state index contributed by atoms with van der Waals surface area (Å²) in [5, 5.41) is 0. The van der Waals surface area contributed by atoms with Gasteiger partial charge in [-0.05, 0) is 71.4 Å². The molecule has 3 aromatic carbocycles. The van der Waals surface area contributed by atoms with E-state index in [9.17, 15) is 26.3 Å². The second kappa shape index (κ2) is 10.8. The first-order valence-corrected chi connectivity index (χ1v) is 12.6. The van der Waals surface area contributed by atoms with Crippen molar-refractivity contribution < 1.29 is 31.1 Å². The predicted molar refractivity (Wildman–Crippen MR) is 133 cm³/mol. The van der Waals surface area contributed by atoms with E-state index in [0.29, 0.717) is 5.92 Å². The minimum atomic E-state index is -5.23. The molecule has 4 rings (SSSR count). The Hall–Kier alpha value is -2.96. The Labute approximate surface area is 213 Å². The molecule has 1 nitrogen and oxygen atoms in total. The van der Waals surface area contributed by atoms with Crippen molar-refractivity contribution in [2.45, 2.75) is 63.7 Å². The van der Waals surface area contributed by atoms with Gasteiger partial charge in [0.15, 0.2) is 0 Å². The Bertz CT molecular complexity index is 1180. The van der Waals surface area contributed by atoms with E-state index in [1.54, 1.807) is 12.1 Å². The third kappa shape index (κ3) is 5.97. The topological polar surface area (TPSA) is 9.23 Å². The molecule has 0 radical (unpaired) electrons. The number of rotatable bonds is 6. The Morgan fingerprint density at radius 1 is 0.676 bits per heavy atom. The van der Waals surface area contributed by atoms with E-state index < -0.39 is 34.8 Å². The zero-order valence-corrected chi connectivity index (χ0v) is 20.8. The van der Waals surface area contributed by atoms with Crippen LogP contribution in [-0.2, 0) is 12.4 Å². The van der Waals surface area contributed by atoms with Crippen molar-refractivity contribution in [3.05, 3.63) is 77.4 Å². The minimum Gasteiger partial charge on any atom is -0.496 e. The van der Waals surface area contributed by atoms with Crippen molar-refractivity contribution in [2.75, 3.05) is 7.11 Å². The largest absolute Gasteiger partial charge is 0.496 e. The van der Waals surface area contributed by atoms with Gasteiger partial charge < -0.3 is 4.74 Å². The van der Waals surface area contributed by atoms with E-state index >= 15 is 0 Å². The van der Waals surface area contributed by atoms with Crippen molar-refractivity contribution in [1.29, 1.82) is 0 Å². The summed E-state index contributed by atoms with van der Waals surface area (Å²) in [4.78, 5) is 0. The Morgan fingerprint density at radius 2 is 1.19 bits per heavy atom. The van der Waals surface area contributed by atoms with E-state index in [-0.39, 0.29) is 5.56 Å². The van der Waals surface area contributed by atoms with Crippen LogP contribution in [0.2, 0.25) is 0 Å². The van der Waals surface area contributed by atoms with Crippen LogP contribution in [0.25, 0.3) is 22.3 Å². The molecule has 1 aliphatic carbocycles. The highest BCUT2D eigenvalue weighted by Gasteiger charge is 2.47. The molecule has 0 atom stereocenters. The lowest BCUT2D eigenvalue weighted by molar-refractivity contribution is -0.162. The van der Waals surface area contributed by atoms with Crippen molar-refractivity contribution in [2.24, 2.45) is 5.92 Å². The Morgan fingerprint density at radius 3 is 1.68 bits per heavy atom. The second-order valence-corrected chi connectivity index (χ2v) is 9.77. The van der Waals surface area contributed by atoms with Crippen LogP contribution in [-0.4, -0.2) is 7.11 Å². The maximum Gasteiger partial charge on any atom is 0.420 e. The zero-order chi connectivity index (χ0) is 26.8. The van der Waals surface area contributed by atoms with Crippen molar-refractivity contribution in [1.82, 2.24) is 0 Å². The first-order chi connectivity index (χ1) is 17.5. The highest BCUT2D eigenvalue weighted by Crippen LogP contribution is 2.49. The molecule has 3 aromatic rings. The molecule has 1 fully saturated rings. The van der Waals surface area contributed by atoms with E-state index in [1.165, 1.54) is 56.2 Å². The van der Waals surface area contributed by atoms with Gasteiger partial charge in [-0.3, -0.25) is 0 Å². The van der Waals surface area contributed by atoms with Crippen LogP contribution in [0.4, 0.5) is 26.3 Å². The lowest BCUT2D eigenvalue weighted by Gasteiger charge is -2.28. The van der Waals surface area contributed by atoms with Crippen LogP contribution in [0.3, 0.4) is 0 Å². The molecule has 1 saturated carbocycles. The van der Waals surface area contributed by atoms with Gasteiger partial charge in [-0.25, -0.2) is 0 Å².